The number of hydrogen-bond acceptors (Lipinski definition) is 4. The van der Waals surface area contributed by atoms with Crippen molar-refractivity contribution < 1.29 is 4.39 Å². The van der Waals surface area contributed by atoms with Crippen molar-refractivity contribution in [2.75, 3.05) is 5.73 Å². The maximum absolute atomic E-state index is 14.1. The number of halogens is 2. The minimum atomic E-state index is -0.570. The third-order valence-electron chi connectivity index (χ3n) is 3.16. The number of aryl methyl sites for hydroxylation is 1. The van der Waals surface area contributed by atoms with Crippen LogP contribution in [0.15, 0.2) is 36.4 Å². The fourth-order valence-electron chi connectivity index (χ4n) is 2.00. The summed E-state index contributed by atoms with van der Waals surface area (Å²) in [6, 6.07) is 10.1. The van der Waals surface area contributed by atoms with Crippen LogP contribution in [0.5, 0.6) is 0 Å². The van der Waals surface area contributed by atoms with Crippen LogP contribution in [0.25, 0.3) is 17.1 Å². The van der Waals surface area contributed by atoms with Crippen LogP contribution >= 0.6 is 11.6 Å². The third-order valence-corrected chi connectivity index (χ3v) is 3.45. The van der Waals surface area contributed by atoms with E-state index in [1.54, 1.807) is 24.3 Å². The van der Waals surface area contributed by atoms with Crippen molar-refractivity contribution in [3.63, 3.8) is 0 Å². The van der Waals surface area contributed by atoms with Crippen LogP contribution in [-0.2, 0) is 0 Å². The van der Waals surface area contributed by atoms with Gasteiger partial charge in [-0.25, -0.2) is 4.39 Å². The van der Waals surface area contributed by atoms with Gasteiger partial charge in [0.2, 0.25) is 0 Å². The molecule has 0 spiro atoms. The van der Waals surface area contributed by atoms with Gasteiger partial charge in [-0.05, 0) is 53.2 Å². The highest BCUT2D eigenvalue weighted by molar-refractivity contribution is 6.30. The van der Waals surface area contributed by atoms with Gasteiger partial charge in [-0.15, -0.1) is 5.10 Å². The Hall–Kier alpha value is -2.47. The fourth-order valence-corrected chi connectivity index (χ4v) is 2.17. The zero-order chi connectivity index (χ0) is 15.0. The molecule has 7 heteroatoms. The molecule has 0 saturated carbocycles. The lowest BCUT2D eigenvalue weighted by Gasteiger charge is -2.08. The number of benzene rings is 2. The van der Waals surface area contributed by atoms with E-state index in [9.17, 15) is 4.39 Å². The Bertz CT molecular complexity index is 815. The second kappa shape index (κ2) is 5.14. The fraction of sp³-hybridized carbons (Fsp3) is 0.0714. The van der Waals surface area contributed by atoms with Crippen molar-refractivity contribution in [1.82, 2.24) is 20.2 Å². The molecule has 1 heterocycles. The maximum atomic E-state index is 14.1. The number of anilines is 1. The second-order valence-electron chi connectivity index (χ2n) is 4.56. The lowest BCUT2D eigenvalue weighted by atomic mass is 10.1. The molecule has 0 fully saturated rings. The Morgan fingerprint density at radius 3 is 2.81 bits per heavy atom. The summed E-state index contributed by atoms with van der Waals surface area (Å²) in [5.41, 5.74) is 8.30. The lowest BCUT2D eigenvalue weighted by molar-refractivity contribution is 0.608. The van der Waals surface area contributed by atoms with Crippen LogP contribution in [0.2, 0.25) is 5.02 Å². The van der Waals surface area contributed by atoms with Gasteiger partial charge < -0.3 is 5.73 Å². The van der Waals surface area contributed by atoms with E-state index in [2.05, 4.69) is 15.5 Å². The molecule has 0 amide bonds. The summed E-state index contributed by atoms with van der Waals surface area (Å²) in [5, 5.41) is 11.4. The van der Waals surface area contributed by atoms with Crippen LogP contribution in [0.1, 0.15) is 5.56 Å². The number of tetrazole rings is 1. The van der Waals surface area contributed by atoms with Gasteiger partial charge in [0.15, 0.2) is 11.6 Å². The number of hydrogen-bond donors (Lipinski definition) is 1. The molecule has 0 aliphatic carbocycles. The van der Waals surface area contributed by atoms with Crippen LogP contribution in [-0.4, -0.2) is 20.2 Å². The minimum absolute atomic E-state index is 0.0161. The quantitative estimate of drug-likeness (QED) is 0.739. The molecule has 0 aliphatic rings. The zero-order valence-electron chi connectivity index (χ0n) is 11.1. The molecule has 0 bridgehead atoms. The first-order chi connectivity index (χ1) is 10.1. The Labute approximate surface area is 125 Å². The highest BCUT2D eigenvalue weighted by Crippen LogP contribution is 2.26. The summed E-state index contributed by atoms with van der Waals surface area (Å²) in [6.45, 7) is 1.88. The topological polar surface area (TPSA) is 69.6 Å². The number of nitrogens with zero attached hydrogens (tertiary/aromatic N) is 4. The van der Waals surface area contributed by atoms with Crippen LogP contribution in [0.3, 0.4) is 0 Å². The smallest absolute Gasteiger partial charge is 0.187 e. The molecular formula is C14H11ClFN5. The van der Waals surface area contributed by atoms with Crippen molar-refractivity contribution in [3.05, 3.63) is 52.8 Å². The first-order valence-electron chi connectivity index (χ1n) is 6.17. The summed E-state index contributed by atoms with van der Waals surface area (Å²) in [5.74, 6) is -0.154. The van der Waals surface area contributed by atoms with Crippen molar-refractivity contribution in [2.24, 2.45) is 0 Å². The van der Waals surface area contributed by atoms with Crippen molar-refractivity contribution >= 4 is 17.3 Å². The summed E-state index contributed by atoms with van der Waals surface area (Å²) in [6.07, 6.45) is 0. The molecule has 21 heavy (non-hydrogen) atoms. The molecule has 0 aliphatic heterocycles. The molecule has 5 nitrogen and oxygen atoms in total. The molecule has 2 N–H and O–H groups in total. The van der Waals surface area contributed by atoms with E-state index in [1.807, 2.05) is 13.0 Å². The highest BCUT2D eigenvalue weighted by Gasteiger charge is 2.16. The maximum Gasteiger partial charge on any atom is 0.187 e. The normalized spacial score (nSPS) is 10.8. The molecule has 0 saturated heterocycles. The van der Waals surface area contributed by atoms with E-state index in [1.165, 1.54) is 10.7 Å². The summed E-state index contributed by atoms with van der Waals surface area (Å²) in [4.78, 5) is 0. The van der Waals surface area contributed by atoms with Crippen molar-refractivity contribution in [2.45, 2.75) is 6.92 Å². The first-order valence-corrected chi connectivity index (χ1v) is 6.55. The van der Waals surface area contributed by atoms with Gasteiger partial charge in [0.05, 0.1) is 5.02 Å². The average Bonchev–Trinajstić information content (AvgIpc) is 2.94. The van der Waals surface area contributed by atoms with Gasteiger partial charge in [0.1, 0.15) is 5.69 Å². The van der Waals surface area contributed by atoms with Gasteiger partial charge in [-0.2, -0.15) is 4.68 Å². The standard InChI is InChI=1S/C14H11ClFN5/c1-8-7-9(5-6-11(8)17)14-18-19-20-21(14)12-4-2-3-10(15)13(12)16/h2-7H,17H2,1H3. The van der Waals surface area contributed by atoms with E-state index in [4.69, 9.17) is 17.3 Å². The minimum Gasteiger partial charge on any atom is -0.399 e. The molecule has 0 unspecified atom stereocenters. The predicted molar refractivity (Wildman–Crippen MR) is 78.7 cm³/mol. The number of nitrogens with two attached hydrogens (primary N) is 1. The zero-order valence-corrected chi connectivity index (χ0v) is 11.8. The number of rotatable bonds is 2. The van der Waals surface area contributed by atoms with Gasteiger partial charge in [0.25, 0.3) is 0 Å². The van der Waals surface area contributed by atoms with Gasteiger partial charge in [0, 0.05) is 11.3 Å². The largest absolute Gasteiger partial charge is 0.399 e. The van der Waals surface area contributed by atoms with E-state index in [-0.39, 0.29) is 10.7 Å². The van der Waals surface area contributed by atoms with E-state index in [0.29, 0.717) is 11.5 Å². The lowest BCUT2D eigenvalue weighted by Crippen LogP contribution is -2.03. The Morgan fingerprint density at radius 2 is 2.05 bits per heavy atom. The molecular weight excluding hydrogens is 293 g/mol. The summed E-state index contributed by atoms with van der Waals surface area (Å²) in [7, 11) is 0. The highest BCUT2D eigenvalue weighted by atomic mass is 35.5. The Balaban J connectivity index is 2.17. The third kappa shape index (κ3) is 2.34. The number of aromatic nitrogens is 4. The van der Waals surface area contributed by atoms with E-state index >= 15 is 0 Å². The number of nitrogen functional groups attached to an aromatic ring is 1. The van der Waals surface area contributed by atoms with Crippen LogP contribution in [0.4, 0.5) is 10.1 Å². The molecule has 106 valence electrons. The SMILES string of the molecule is Cc1cc(-c2nnnn2-c2cccc(Cl)c2F)ccc1N. The Kier molecular flexibility index (Phi) is 3.31. The molecule has 2 aromatic carbocycles. The van der Waals surface area contributed by atoms with Gasteiger partial charge >= 0.3 is 0 Å². The van der Waals surface area contributed by atoms with Crippen molar-refractivity contribution in [1.29, 1.82) is 0 Å². The Morgan fingerprint density at radius 1 is 1.24 bits per heavy atom. The monoisotopic (exact) mass is 303 g/mol. The molecule has 3 rings (SSSR count). The summed E-state index contributed by atoms with van der Waals surface area (Å²) < 4.78 is 15.4. The summed E-state index contributed by atoms with van der Waals surface area (Å²) >= 11 is 5.80. The van der Waals surface area contributed by atoms with Gasteiger partial charge in [-0.3, -0.25) is 0 Å². The molecule has 0 atom stereocenters. The second-order valence-corrected chi connectivity index (χ2v) is 4.97. The van der Waals surface area contributed by atoms with Crippen LogP contribution < -0.4 is 5.73 Å². The molecule has 1 aromatic heterocycles. The predicted octanol–water partition coefficient (Wildman–Crippen LogP) is 3.01. The molecule has 0 radical (unpaired) electrons. The van der Waals surface area contributed by atoms with E-state index in [0.717, 1.165) is 11.1 Å². The first kappa shape index (κ1) is 13.5. The molecule has 3 aromatic rings. The van der Waals surface area contributed by atoms with Gasteiger partial charge in [-0.1, -0.05) is 17.7 Å². The van der Waals surface area contributed by atoms with E-state index < -0.39 is 5.82 Å². The average molecular weight is 304 g/mol. The van der Waals surface area contributed by atoms with Crippen LogP contribution in [0, 0.1) is 12.7 Å². The van der Waals surface area contributed by atoms with Crippen molar-refractivity contribution in [3.8, 4) is 17.1 Å².